The number of hydrogen-bond acceptors (Lipinski definition) is 2. The maximum atomic E-state index is 10.5. The molecule has 7 heteroatoms. The first-order chi connectivity index (χ1) is 11.0. The fraction of sp³-hybridized carbons (Fsp3) is 0.438. The summed E-state index contributed by atoms with van der Waals surface area (Å²) in [5, 5.41) is 15.5. The van der Waals surface area contributed by atoms with Crippen molar-refractivity contribution in [1.82, 2.24) is 0 Å². The topological polar surface area (TPSA) is 74.6 Å². The number of hydrogen-bond donors (Lipinski definition) is 2. The molecule has 23 heavy (non-hydrogen) atoms. The Morgan fingerprint density at radius 1 is 0.826 bits per heavy atom. The molecule has 0 unspecified atom stereocenters. The van der Waals surface area contributed by atoms with E-state index in [0.717, 1.165) is 31.1 Å². The molecule has 0 atom stereocenters. The summed E-state index contributed by atoms with van der Waals surface area (Å²) < 4.78 is 21.0. The Morgan fingerprint density at radius 2 is 1.13 bits per heavy atom. The van der Waals surface area contributed by atoms with E-state index in [4.69, 9.17) is 19.8 Å². The SMILES string of the molecule is O=C(O)CF.O=C(O)CF.[CH2]C=CCCC=CCCC=C[CH2][Ni]. The number of halogens is 2. The summed E-state index contributed by atoms with van der Waals surface area (Å²) in [6, 6.07) is 0. The molecule has 0 aliphatic carbocycles. The van der Waals surface area contributed by atoms with Crippen molar-refractivity contribution in [1.29, 1.82) is 0 Å². The minimum absolute atomic E-state index is 0.776. The van der Waals surface area contributed by atoms with Crippen LogP contribution in [-0.4, -0.2) is 35.5 Å². The number of carbonyl (C=O) groups is 2. The summed E-state index contributed by atoms with van der Waals surface area (Å²) in [7, 11) is 0. The van der Waals surface area contributed by atoms with Crippen molar-refractivity contribution in [3.05, 3.63) is 43.4 Å². The molecule has 0 aliphatic rings. The Morgan fingerprint density at radius 3 is 1.39 bits per heavy atom. The Hall–Kier alpha value is -1.49. The molecular weight excluding hydrogens is 353 g/mol. The molecule has 1 radical (unpaired) electrons. The van der Waals surface area contributed by atoms with Crippen molar-refractivity contribution >= 4 is 11.9 Å². The summed E-state index contributed by atoms with van der Waals surface area (Å²) >= 11 is 4.52. The van der Waals surface area contributed by atoms with Gasteiger partial charge in [-0.05, 0) is 0 Å². The summed E-state index contributed by atoms with van der Waals surface area (Å²) in [5.74, 6) is -2.82. The standard InChI is InChI=1S/C12H18.2C2H3FO2.Ni/c1-3-5-7-9-11-12-10-8-6-4-2;2*3-1-2(4)5;/h3-6,11-12H,1-2,7-10H2;2*1H2,(H,4,5);. The average molecular weight is 377 g/mol. The van der Waals surface area contributed by atoms with Crippen LogP contribution in [0.5, 0.6) is 0 Å². The van der Waals surface area contributed by atoms with Gasteiger partial charge in [-0.25, -0.2) is 18.4 Å². The van der Waals surface area contributed by atoms with E-state index in [1.165, 1.54) is 0 Å². The number of unbranched alkanes of at least 4 members (excludes halogenated alkanes) is 2. The molecule has 0 aromatic rings. The van der Waals surface area contributed by atoms with Gasteiger partial charge < -0.3 is 10.2 Å². The summed E-state index contributed by atoms with van der Waals surface area (Å²) in [5.41, 5.74) is 0. The van der Waals surface area contributed by atoms with Crippen LogP contribution in [0.2, 0.25) is 5.39 Å². The van der Waals surface area contributed by atoms with E-state index in [-0.39, 0.29) is 0 Å². The van der Waals surface area contributed by atoms with Gasteiger partial charge in [-0.15, -0.1) is 0 Å². The van der Waals surface area contributed by atoms with E-state index in [9.17, 15) is 8.78 Å². The van der Waals surface area contributed by atoms with E-state index in [1.807, 2.05) is 6.08 Å². The molecule has 0 aromatic carbocycles. The summed E-state index contributed by atoms with van der Waals surface area (Å²) in [4.78, 5) is 18.0. The molecule has 0 fully saturated rings. The number of alkyl halides is 2. The van der Waals surface area contributed by atoms with Gasteiger partial charge in [0.1, 0.15) is 0 Å². The molecule has 0 amide bonds. The zero-order valence-corrected chi connectivity index (χ0v) is 13.9. The van der Waals surface area contributed by atoms with Gasteiger partial charge in [-0.3, -0.25) is 0 Å². The van der Waals surface area contributed by atoms with Crippen molar-refractivity contribution in [3.63, 3.8) is 0 Å². The monoisotopic (exact) mass is 376 g/mol. The number of carboxylic acids is 2. The zero-order chi connectivity index (χ0) is 18.3. The predicted molar refractivity (Wildman–Crippen MR) is 83.3 cm³/mol. The van der Waals surface area contributed by atoms with Crippen molar-refractivity contribution in [2.45, 2.75) is 31.1 Å². The second-order valence-electron chi connectivity index (χ2n) is 3.75. The third-order valence-electron chi connectivity index (χ3n) is 1.80. The van der Waals surface area contributed by atoms with Crippen LogP contribution in [0.1, 0.15) is 25.7 Å². The fourth-order valence-electron chi connectivity index (χ4n) is 0.909. The molecule has 0 bridgehead atoms. The molecule has 2 N–H and O–H groups in total. The van der Waals surface area contributed by atoms with Crippen molar-refractivity contribution in [2.24, 2.45) is 0 Å². The Kier molecular flexibility index (Phi) is 29.2. The molecule has 0 spiro atoms. The van der Waals surface area contributed by atoms with Crippen LogP contribution in [0.25, 0.3) is 0 Å². The van der Waals surface area contributed by atoms with Crippen LogP contribution in [0.15, 0.2) is 36.5 Å². The van der Waals surface area contributed by atoms with Crippen LogP contribution in [0.3, 0.4) is 0 Å². The van der Waals surface area contributed by atoms with Crippen molar-refractivity contribution in [3.8, 4) is 0 Å². The van der Waals surface area contributed by atoms with Crippen molar-refractivity contribution in [2.75, 3.05) is 13.3 Å². The molecule has 0 aliphatic heterocycles. The predicted octanol–water partition coefficient (Wildman–Crippen LogP) is 4.10. The molecule has 4 nitrogen and oxygen atoms in total. The van der Waals surface area contributed by atoms with E-state index in [1.54, 1.807) is 0 Å². The van der Waals surface area contributed by atoms with Crippen LogP contribution < -0.4 is 0 Å². The van der Waals surface area contributed by atoms with Gasteiger partial charge in [0, 0.05) is 0 Å². The molecule has 0 aromatic heterocycles. The van der Waals surface area contributed by atoms with E-state index < -0.39 is 25.3 Å². The maximum absolute atomic E-state index is 10.5. The van der Waals surface area contributed by atoms with Gasteiger partial charge in [0.15, 0.2) is 13.3 Å². The average Bonchev–Trinajstić information content (AvgIpc) is 2.54. The molecule has 136 valence electrons. The van der Waals surface area contributed by atoms with Crippen LogP contribution >= 0.6 is 0 Å². The van der Waals surface area contributed by atoms with E-state index >= 15 is 0 Å². The molecule has 0 saturated heterocycles. The van der Waals surface area contributed by atoms with Gasteiger partial charge in [-0.2, -0.15) is 0 Å². The first kappa shape index (κ1) is 26.4. The summed E-state index contributed by atoms with van der Waals surface area (Å²) in [6.07, 6.45) is 17.1. The summed E-state index contributed by atoms with van der Waals surface area (Å²) in [6.45, 7) is 1.08. The quantitative estimate of drug-likeness (QED) is 0.361. The molecule has 0 saturated carbocycles. The molecular formula is C16H24F2NiO4. The Labute approximate surface area is 144 Å². The van der Waals surface area contributed by atoms with Gasteiger partial charge in [-0.1, -0.05) is 0 Å². The zero-order valence-electron chi connectivity index (χ0n) is 12.9. The van der Waals surface area contributed by atoms with E-state index in [0.29, 0.717) is 0 Å². The van der Waals surface area contributed by atoms with Gasteiger partial charge in [0.05, 0.1) is 0 Å². The third-order valence-corrected chi connectivity index (χ3v) is 2.04. The Bertz CT molecular complexity index is 342. The minimum atomic E-state index is -1.41. The second-order valence-corrected chi connectivity index (χ2v) is 4.16. The van der Waals surface area contributed by atoms with Crippen LogP contribution in [0, 0.1) is 6.92 Å². The number of rotatable bonds is 9. The number of aliphatic carboxylic acids is 2. The fourth-order valence-corrected chi connectivity index (χ4v) is 1.07. The van der Waals surface area contributed by atoms with Gasteiger partial charge >= 0.3 is 102 Å². The number of allylic oxidation sites excluding steroid dienone is 6. The number of carboxylic acid groups (broad SMARTS) is 2. The Balaban J connectivity index is -0.000000329. The van der Waals surface area contributed by atoms with Crippen LogP contribution in [-0.2, 0) is 25.1 Å². The molecule has 0 heterocycles. The van der Waals surface area contributed by atoms with Crippen LogP contribution in [0.4, 0.5) is 8.78 Å². The van der Waals surface area contributed by atoms with Gasteiger partial charge in [0.25, 0.3) is 0 Å². The third kappa shape index (κ3) is 44.9. The van der Waals surface area contributed by atoms with E-state index in [2.05, 4.69) is 52.8 Å². The second kappa shape index (κ2) is 25.5. The normalized spacial score (nSPS) is 10.3. The van der Waals surface area contributed by atoms with Crippen molar-refractivity contribution < 1.29 is 44.0 Å². The molecule has 0 rings (SSSR count). The van der Waals surface area contributed by atoms with Gasteiger partial charge in [0.2, 0.25) is 0 Å². The first-order valence-corrected chi connectivity index (χ1v) is 7.47. The first-order valence-electron chi connectivity index (χ1n) is 6.77.